The summed E-state index contributed by atoms with van der Waals surface area (Å²) in [6, 6.07) is 0.550. The van der Waals surface area contributed by atoms with Crippen molar-refractivity contribution in [3.8, 4) is 0 Å². The molecule has 0 N–H and O–H groups in total. The molecule has 3 rings (SSSR count). The zero-order valence-corrected chi connectivity index (χ0v) is 12.7. The number of fused-ring (bicyclic) bond motifs is 2. The highest BCUT2D eigenvalue weighted by Gasteiger charge is 2.45. The molecule has 2 saturated carbocycles. The molecule has 2 nitrogen and oxygen atoms in total. The molecule has 18 heavy (non-hydrogen) atoms. The molecular formula is C15H24BrNO. The lowest BCUT2D eigenvalue weighted by Gasteiger charge is -2.30. The van der Waals surface area contributed by atoms with E-state index in [1.54, 1.807) is 0 Å². The molecule has 2 bridgehead atoms. The molecule has 0 spiro atoms. The minimum Gasteiger partial charge on any atom is -0.339 e. The third kappa shape index (κ3) is 2.35. The Labute approximate surface area is 119 Å². The van der Waals surface area contributed by atoms with Crippen LogP contribution in [0.4, 0.5) is 0 Å². The Hall–Kier alpha value is -0.0500. The molecule has 102 valence electrons. The zero-order chi connectivity index (χ0) is 12.5. The molecule has 3 fully saturated rings. The van der Waals surface area contributed by atoms with Gasteiger partial charge in [-0.25, -0.2) is 0 Å². The lowest BCUT2D eigenvalue weighted by Crippen LogP contribution is -2.41. The van der Waals surface area contributed by atoms with Crippen molar-refractivity contribution in [2.75, 3.05) is 11.9 Å². The molecule has 1 saturated heterocycles. The molecule has 4 atom stereocenters. The number of carbonyl (C=O) groups excluding carboxylic acids is 1. The van der Waals surface area contributed by atoms with Crippen LogP contribution in [0, 0.1) is 17.8 Å². The SMILES string of the molecule is O=C(C1CC2CCC1C2)N1CCCC1CCCBr. The first-order chi connectivity index (χ1) is 8.79. The van der Waals surface area contributed by atoms with Crippen LogP contribution < -0.4 is 0 Å². The second-order valence-corrected chi connectivity index (χ2v) is 7.23. The van der Waals surface area contributed by atoms with Gasteiger partial charge in [-0.1, -0.05) is 22.4 Å². The Morgan fingerprint density at radius 3 is 2.78 bits per heavy atom. The molecule has 0 radical (unpaired) electrons. The molecule has 0 aromatic carbocycles. The minimum atomic E-state index is 0.397. The van der Waals surface area contributed by atoms with Crippen molar-refractivity contribution in [2.45, 2.75) is 57.4 Å². The largest absolute Gasteiger partial charge is 0.339 e. The summed E-state index contributed by atoms with van der Waals surface area (Å²) >= 11 is 3.50. The van der Waals surface area contributed by atoms with E-state index in [4.69, 9.17) is 0 Å². The Bertz CT molecular complexity index is 320. The van der Waals surface area contributed by atoms with Crippen molar-refractivity contribution in [3.05, 3.63) is 0 Å². The van der Waals surface area contributed by atoms with E-state index in [1.807, 2.05) is 0 Å². The number of amides is 1. The number of rotatable bonds is 4. The summed E-state index contributed by atoms with van der Waals surface area (Å²) in [4.78, 5) is 15.0. The number of likely N-dealkylation sites (tertiary alicyclic amines) is 1. The van der Waals surface area contributed by atoms with Crippen LogP contribution in [-0.2, 0) is 4.79 Å². The fourth-order valence-electron chi connectivity index (χ4n) is 4.50. The molecule has 2 aliphatic carbocycles. The number of hydrogen-bond acceptors (Lipinski definition) is 1. The van der Waals surface area contributed by atoms with Crippen molar-refractivity contribution in [1.82, 2.24) is 4.90 Å². The fraction of sp³-hybridized carbons (Fsp3) is 0.933. The zero-order valence-electron chi connectivity index (χ0n) is 11.1. The van der Waals surface area contributed by atoms with E-state index in [9.17, 15) is 4.79 Å². The number of halogens is 1. The van der Waals surface area contributed by atoms with E-state index in [0.29, 0.717) is 17.9 Å². The molecular weight excluding hydrogens is 290 g/mol. The topological polar surface area (TPSA) is 20.3 Å². The summed E-state index contributed by atoms with van der Waals surface area (Å²) in [6.07, 6.45) is 10.1. The van der Waals surface area contributed by atoms with Gasteiger partial charge < -0.3 is 4.90 Å². The van der Waals surface area contributed by atoms with Gasteiger partial charge in [0.15, 0.2) is 0 Å². The number of nitrogens with zero attached hydrogens (tertiary/aromatic N) is 1. The quantitative estimate of drug-likeness (QED) is 0.726. The predicted molar refractivity (Wildman–Crippen MR) is 76.7 cm³/mol. The first-order valence-corrected chi connectivity index (χ1v) is 8.78. The summed E-state index contributed by atoms with van der Waals surface area (Å²) in [5.74, 6) is 2.53. The molecule has 1 aliphatic heterocycles. The average Bonchev–Trinajstić information content (AvgIpc) is 3.10. The maximum atomic E-state index is 12.7. The van der Waals surface area contributed by atoms with Gasteiger partial charge in [0.25, 0.3) is 0 Å². The summed E-state index contributed by atoms with van der Waals surface area (Å²) in [6.45, 7) is 1.03. The highest BCUT2D eigenvalue weighted by molar-refractivity contribution is 9.09. The third-order valence-electron chi connectivity index (χ3n) is 5.39. The van der Waals surface area contributed by atoms with Gasteiger partial charge in [-0.05, 0) is 56.8 Å². The van der Waals surface area contributed by atoms with Gasteiger partial charge >= 0.3 is 0 Å². The molecule has 0 aromatic heterocycles. The van der Waals surface area contributed by atoms with Crippen molar-refractivity contribution >= 4 is 21.8 Å². The van der Waals surface area contributed by atoms with Crippen LogP contribution in [0.5, 0.6) is 0 Å². The van der Waals surface area contributed by atoms with Crippen molar-refractivity contribution in [2.24, 2.45) is 17.8 Å². The fourth-order valence-corrected chi connectivity index (χ4v) is 4.82. The molecule has 4 unspecified atom stereocenters. The highest BCUT2D eigenvalue weighted by Crippen LogP contribution is 2.49. The summed E-state index contributed by atoms with van der Waals surface area (Å²) in [5.41, 5.74) is 0. The summed E-state index contributed by atoms with van der Waals surface area (Å²) < 4.78 is 0. The first-order valence-electron chi connectivity index (χ1n) is 7.66. The van der Waals surface area contributed by atoms with E-state index < -0.39 is 0 Å². The maximum Gasteiger partial charge on any atom is 0.226 e. The van der Waals surface area contributed by atoms with Crippen LogP contribution in [0.25, 0.3) is 0 Å². The molecule has 0 aromatic rings. The normalized spacial score (nSPS) is 38.6. The molecule has 1 heterocycles. The maximum absolute atomic E-state index is 12.7. The van der Waals surface area contributed by atoms with Gasteiger partial charge in [0.05, 0.1) is 0 Å². The molecule has 3 heteroatoms. The van der Waals surface area contributed by atoms with Crippen LogP contribution in [0.15, 0.2) is 0 Å². The van der Waals surface area contributed by atoms with Crippen LogP contribution in [-0.4, -0.2) is 28.7 Å². The second-order valence-electron chi connectivity index (χ2n) is 6.44. The monoisotopic (exact) mass is 313 g/mol. The number of hydrogen-bond donors (Lipinski definition) is 0. The van der Waals surface area contributed by atoms with Gasteiger partial charge in [0.1, 0.15) is 0 Å². The van der Waals surface area contributed by atoms with Gasteiger partial charge in [-0.2, -0.15) is 0 Å². The van der Waals surface area contributed by atoms with Crippen molar-refractivity contribution < 1.29 is 4.79 Å². The van der Waals surface area contributed by atoms with Crippen LogP contribution in [0.1, 0.15) is 51.4 Å². The minimum absolute atomic E-state index is 0.397. The summed E-state index contributed by atoms with van der Waals surface area (Å²) in [5, 5.41) is 1.07. The molecule has 1 amide bonds. The second kappa shape index (κ2) is 5.52. The van der Waals surface area contributed by atoms with Gasteiger partial charge in [-0.3, -0.25) is 4.79 Å². The first kappa shape index (κ1) is 13.0. The Morgan fingerprint density at radius 2 is 2.11 bits per heavy atom. The van der Waals surface area contributed by atoms with Crippen molar-refractivity contribution in [1.29, 1.82) is 0 Å². The van der Waals surface area contributed by atoms with Gasteiger partial charge in [0.2, 0.25) is 5.91 Å². The van der Waals surface area contributed by atoms with Crippen LogP contribution in [0.3, 0.4) is 0 Å². The average molecular weight is 314 g/mol. The standard InChI is InChI=1S/C15H24BrNO/c16-7-1-3-13-4-2-8-17(13)15(18)14-10-11-5-6-12(14)9-11/h11-14H,1-10H2. The third-order valence-corrected chi connectivity index (χ3v) is 5.95. The Morgan fingerprint density at radius 1 is 1.22 bits per heavy atom. The van der Waals surface area contributed by atoms with Gasteiger partial charge in [-0.15, -0.1) is 0 Å². The van der Waals surface area contributed by atoms with E-state index >= 15 is 0 Å². The number of carbonyl (C=O) groups is 1. The van der Waals surface area contributed by atoms with E-state index in [-0.39, 0.29) is 0 Å². The van der Waals surface area contributed by atoms with Crippen LogP contribution >= 0.6 is 15.9 Å². The lowest BCUT2D eigenvalue weighted by molar-refractivity contribution is -0.138. The smallest absolute Gasteiger partial charge is 0.226 e. The predicted octanol–water partition coefficient (Wildman–Crippen LogP) is 3.59. The lowest BCUT2D eigenvalue weighted by atomic mass is 9.87. The number of alkyl halides is 1. The summed E-state index contributed by atoms with van der Waals surface area (Å²) in [7, 11) is 0. The van der Waals surface area contributed by atoms with Crippen LogP contribution in [0.2, 0.25) is 0 Å². The Kier molecular flexibility index (Phi) is 3.97. The van der Waals surface area contributed by atoms with Crippen molar-refractivity contribution in [3.63, 3.8) is 0 Å². The van der Waals surface area contributed by atoms with E-state index in [0.717, 1.165) is 23.7 Å². The van der Waals surface area contributed by atoms with E-state index in [2.05, 4.69) is 20.8 Å². The van der Waals surface area contributed by atoms with Gasteiger partial charge in [0, 0.05) is 23.8 Å². The Balaban J connectivity index is 1.61. The highest BCUT2D eigenvalue weighted by atomic mass is 79.9. The molecule has 3 aliphatic rings. The van der Waals surface area contributed by atoms with E-state index in [1.165, 1.54) is 51.4 Å².